The summed E-state index contributed by atoms with van der Waals surface area (Å²) < 4.78 is 2.22. The fourth-order valence-electron chi connectivity index (χ4n) is 2.37. The predicted octanol–water partition coefficient (Wildman–Crippen LogP) is 3.66. The summed E-state index contributed by atoms with van der Waals surface area (Å²) in [5, 5.41) is 2.88. The van der Waals surface area contributed by atoms with Gasteiger partial charge >= 0.3 is 0 Å². The zero-order chi connectivity index (χ0) is 13.8. The molecule has 0 spiro atoms. The summed E-state index contributed by atoms with van der Waals surface area (Å²) in [5.41, 5.74) is 1.39. The molecule has 2 heteroatoms. The fraction of sp³-hybridized carbons (Fsp3) is 0.111. The lowest BCUT2D eigenvalue weighted by Gasteiger charge is -2.19. The topological polar surface area (TPSA) is 4.93 Å². The molecule has 20 heavy (non-hydrogen) atoms. The number of benzene rings is 2. The van der Waals surface area contributed by atoms with Gasteiger partial charge in [0.2, 0.25) is 0 Å². The van der Waals surface area contributed by atoms with E-state index in [9.17, 15) is 0 Å². The van der Waals surface area contributed by atoms with Crippen molar-refractivity contribution in [3.8, 4) is 0 Å². The second-order valence-corrected chi connectivity index (χ2v) is 7.07. The van der Waals surface area contributed by atoms with Crippen molar-refractivity contribution in [2.75, 3.05) is 0 Å². The highest BCUT2D eigenvalue weighted by Crippen LogP contribution is 2.37. The minimum atomic E-state index is -0.338. The van der Waals surface area contributed by atoms with E-state index < -0.39 is 0 Å². The van der Waals surface area contributed by atoms with Crippen molar-refractivity contribution in [1.82, 2.24) is 4.57 Å². The van der Waals surface area contributed by atoms with E-state index >= 15 is 0 Å². The molecule has 100 valence electrons. The summed E-state index contributed by atoms with van der Waals surface area (Å²) in [6, 6.07) is 26.1. The highest BCUT2D eigenvalue weighted by atomic mass is 31.1. The Balaban J connectivity index is 1.98. The Morgan fingerprint density at radius 1 is 0.750 bits per heavy atom. The summed E-state index contributed by atoms with van der Waals surface area (Å²) in [5.74, 6) is 0. The van der Waals surface area contributed by atoms with Crippen molar-refractivity contribution in [2.24, 2.45) is 7.05 Å². The number of hydrogen-bond acceptors (Lipinski definition) is 0. The largest absolute Gasteiger partial charge is 0.354 e. The van der Waals surface area contributed by atoms with Crippen LogP contribution in [0.5, 0.6) is 0 Å². The van der Waals surface area contributed by atoms with Crippen LogP contribution in [0.2, 0.25) is 0 Å². The molecule has 0 bridgehead atoms. The van der Waals surface area contributed by atoms with Gasteiger partial charge in [0.25, 0.3) is 0 Å². The lowest BCUT2D eigenvalue weighted by Crippen LogP contribution is -2.13. The van der Waals surface area contributed by atoms with Crippen LogP contribution in [0.1, 0.15) is 5.69 Å². The molecule has 1 nitrogen and oxygen atoms in total. The highest BCUT2D eigenvalue weighted by molar-refractivity contribution is 7.72. The van der Waals surface area contributed by atoms with E-state index in [4.69, 9.17) is 0 Å². The molecule has 3 aromatic rings. The molecule has 0 saturated heterocycles. The van der Waals surface area contributed by atoms with Crippen molar-refractivity contribution >= 4 is 18.5 Å². The second-order valence-electron chi connectivity index (χ2n) is 4.87. The molecular weight excluding hydrogens is 261 g/mol. The lowest BCUT2D eigenvalue weighted by molar-refractivity contribution is 0.874. The van der Waals surface area contributed by atoms with Crippen LogP contribution in [0.25, 0.3) is 0 Å². The van der Waals surface area contributed by atoms with Gasteiger partial charge in [0, 0.05) is 25.1 Å². The first-order valence-electron chi connectivity index (χ1n) is 6.82. The highest BCUT2D eigenvalue weighted by Gasteiger charge is 2.15. The van der Waals surface area contributed by atoms with Crippen LogP contribution in [0, 0.1) is 0 Å². The molecule has 0 amide bonds. The number of aromatic nitrogens is 1. The number of hydrogen-bond donors (Lipinski definition) is 0. The normalized spacial score (nSPS) is 10.9. The smallest absolute Gasteiger partial charge is 0.0221 e. The molecule has 3 rings (SSSR count). The summed E-state index contributed by atoms with van der Waals surface area (Å²) in [7, 11) is 1.79. The SMILES string of the molecule is Cn1cccc1CP(c1ccccc1)c1ccccc1. The maximum atomic E-state index is 2.25. The Labute approximate surface area is 121 Å². The van der Waals surface area contributed by atoms with Gasteiger partial charge in [-0.25, -0.2) is 0 Å². The van der Waals surface area contributed by atoms with Crippen LogP contribution in [0.15, 0.2) is 79.0 Å². The third-order valence-corrected chi connectivity index (χ3v) is 5.99. The average Bonchev–Trinajstić information content (AvgIpc) is 2.92. The molecular formula is C18H18NP. The summed E-state index contributed by atoms with van der Waals surface area (Å²) in [6.45, 7) is 0. The van der Waals surface area contributed by atoms with Crippen LogP contribution in [0.4, 0.5) is 0 Å². The van der Waals surface area contributed by atoms with E-state index in [2.05, 4.69) is 90.6 Å². The van der Waals surface area contributed by atoms with Crippen LogP contribution in [-0.4, -0.2) is 4.57 Å². The molecule has 0 atom stereocenters. The van der Waals surface area contributed by atoms with Crippen molar-refractivity contribution in [1.29, 1.82) is 0 Å². The van der Waals surface area contributed by atoms with Gasteiger partial charge in [-0.15, -0.1) is 0 Å². The number of aryl methyl sites for hydroxylation is 1. The third kappa shape index (κ3) is 2.84. The standard InChI is InChI=1S/C18H18NP/c1-19-14-8-9-16(19)15-20(17-10-4-2-5-11-17)18-12-6-3-7-13-18/h2-14H,15H2,1H3. The van der Waals surface area contributed by atoms with Crippen LogP contribution in [0.3, 0.4) is 0 Å². The van der Waals surface area contributed by atoms with E-state index in [1.54, 1.807) is 0 Å². The van der Waals surface area contributed by atoms with Crippen LogP contribution >= 0.6 is 7.92 Å². The van der Waals surface area contributed by atoms with Crippen molar-refractivity contribution in [3.63, 3.8) is 0 Å². The minimum Gasteiger partial charge on any atom is -0.354 e. The lowest BCUT2D eigenvalue weighted by atomic mass is 10.4. The van der Waals surface area contributed by atoms with Gasteiger partial charge in [-0.2, -0.15) is 0 Å². The van der Waals surface area contributed by atoms with E-state index in [1.807, 2.05) is 0 Å². The Bertz CT molecular complexity index is 619. The molecule has 0 aliphatic heterocycles. The maximum absolute atomic E-state index is 2.25. The van der Waals surface area contributed by atoms with Gasteiger partial charge in [0.15, 0.2) is 0 Å². The molecule has 0 radical (unpaired) electrons. The van der Waals surface area contributed by atoms with E-state index in [-0.39, 0.29) is 7.92 Å². The van der Waals surface area contributed by atoms with Gasteiger partial charge < -0.3 is 4.57 Å². The summed E-state index contributed by atoms with van der Waals surface area (Å²) in [4.78, 5) is 0. The van der Waals surface area contributed by atoms with E-state index in [0.29, 0.717) is 0 Å². The quantitative estimate of drug-likeness (QED) is 0.642. The van der Waals surface area contributed by atoms with Gasteiger partial charge in [-0.1, -0.05) is 60.7 Å². The Kier molecular flexibility index (Phi) is 3.99. The second kappa shape index (κ2) is 6.07. The summed E-state index contributed by atoms with van der Waals surface area (Å²) >= 11 is 0. The van der Waals surface area contributed by atoms with Crippen LogP contribution in [-0.2, 0) is 13.2 Å². The molecule has 1 aromatic heterocycles. The summed E-state index contributed by atoms with van der Waals surface area (Å²) in [6.07, 6.45) is 3.21. The van der Waals surface area contributed by atoms with Crippen molar-refractivity contribution < 1.29 is 0 Å². The molecule has 0 N–H and O–H groups in total. The molecule has 2 aromatic carbocycles. The first kappa shape index (κ1) is 13.1. The maximum Gasteiger partial charge on any atom is 0.0221 e. The molecule has 0 unspecified atom stereocenters. The van der Waals surface area contributed by atoms with E-state index in [1.165, 1.54) is 16.3 Å². The van der Waals surface area contributed by atoms with Crippen molar-refractivity contribution in [2.45, 2.75) is 6.16 Å². The van der Waals surface area contributed by atoms with Gasteiger partial charge in [0.05, 0.1) is 0 Å². The third-order valence-electron chi connectivity index (χ3n) is 3.51. The molecule has 0 aliphatic rings. The molecule has 0 aliphatic carbocycles. The van der Waals surface area contributed by atoms with Gasteiger partial charge in [-0.05, 0) is 30.7 Å². The fourth-order valence-corrected chi connectivity index (χ4v) is 4.75. The monoisotopic (exact) mass is 279 g/mol. The van der Waals surface area contributed by atoms with Crippen molar-refractivity contribution in [3.05, 3.63) is 84.7 Å². The minimum absolute atomic E-state index is 0.338. The Morgan fingerprint density at radius 2 is 1.30 bits per heavy atom. The zero-order valence-electron chi connectivity index (χ0n) is 11.6. The Hall–Kier alpha value is -1.85. The molecule has 0 saturated carbocycles. The first-order valence-corrected chi connectivity index (χ1v) is 8.35. The van der Waals surface area contributed by atoms with E-state index in [0.717, 1.165) is 6.16 Å². The first-order chi connectivity index (χ1) is 9.84. The van der Waals surface area contributed by atoms with Gasteiger partial charge in [-0.3, -0.25) is 0 Å². The zero-order valence-corrected chi connectivity index (χ0v) is 12.5. The predicted molar refractivity (Wildman–Crippen MR) is 88.2 cm³/mol. The number of nitrogens with zero attached hydrogens (tertiary/aromatic N) is 1. The molecule has 1 heterocycles. The Morgan fingerprint density at radius 3 is 1.75 bits per heavy atom. The van der Waals surface area contributed by atoms with Crippen LogP contribution < -0.4 is 10.6 Å². The van der Waals surface area contributed by atoms with Gasteiger partial charge in [0.1, 0.15) is 0 Å². The number of rotatable bonds is 4. The molecule has 0 fully saturated rings. The average molecular weight is 279 g/mol.